The average molecular weight is 172 g/mol. The molecule has 0 aliphatic rings. The Balaban J connectivity index is 0. The van der Waals surface area contributed by atoms with Gasteiger partial charge in [0.25, 0.3) is 0 Å². The third-order valence-electron chi connectivity index (χ3n) is 0.897. The molecule has 0 aromatic heterocycles. The van der Waals surface area contributed by atoms with E-state index in [1.54, 1.807) is 19.9 Å². The molecule has 54 valence electrons. The Kier molecular flexibility index (Phi) is 7.05. The summed E-state index contributed by atoms with van der Waals surface area (Å²) in [6.07, 6.45) is 1.61. The number of hydrogen-bond donors (Lipinski definition) is 0. The van der Waals surface area contributed by atoms with Gasteiger partial charge in [-0.05, 0) is 13.8 Å². The van der Waals surface area contributed by atoms with Crippen molar-refractivity contribution in [2.75, 3.05) is 5.75 Å². The van der Waals surface area contributed by atoms with E-state index in [0.717, 1.165) is 0 Å². The molecule has 0 rings (SSSR count). The van der Waals surface area contributed by atoms with Crippen LogP contribution in [-0.2, 0) is 10.1 Å². The standard InChI is InChI=1S/C5H10O3S.Na/c1-3-5(2)4-9(6,7)8;/h3H,4H2,1-2H3,(H,6,7,8);/q;+1/p-1. The number of rotatable bonds is 2. The molecule has 0 spiro atoms. The first-order chi connectivity index (χ1) is 3.95. The van der Waals surface area contributed by atoms with Crippen molar-refractivity contribution >= 4 is 10.1 Å². The molecule has 0 saturated carbocycles. The minimum absolute atomic E-state index is 0. The Morgan fingerprint density at radius 2 is 2.00 bits per heavy atom. The van der Waals surface area contributed by atoms with Gasteiger partial charge in [-0.3, -0.25) is 0 Å². The smallest absolute Gasteiger partial charge is 0.748 e. The summed E-state index contributed by atoms with van der Waals surface area (Å²) in [5.74, 6) is -0.372. The van der Waals surface area contributed by atoms with Crippen LogP contribution in [0.3, 0.4) is 0 Å². The fraction of sp³-hybridized carbons (Fsp3) is 0.600. The van der Waals surface area contributed by atoms with Crippen molar-refractivity contribution in [2.24, 2.45) is 0 Å². The van der Waals surface area contributed by atoms with Gasteiger partial charge in [0.1, 0.15) is 0 Å². The first-order valence-electron chi connectivity index (χ1n) is 2.51. The maximum atomic E-state index is 10.0. The average Bonchev–Trinajstić information content (AvgIpc) is 1.62. The van der Waals surface area contributed by atoms with Crippen LogP contribution in [0, 0.1) is 0 Å². The largest absolute Gasteiger partial charge is 1.00 e. The van der Waals surface area contributed by atoms with Gasteiger partial charge >= 0.3 is 29.6 Å². The van der Waals surface area contributed by atoms with Gasteiger partial charge < -0.3 is 4.55 Å². The monoisotopic (exact) mass is 172 g/mol. The van der Waals surface area contributed by atoms with Gasteiger partial charge in [0.05, 0.1) is 15.9 Å². The molecule has 0 saturated heterocycles. The summed E-state index contributed by atoms with van der Waals surface area (Å²) >= 11 is 0. The van der Waals surface area contributed by atoms with Crippen LogP contribution in [0.1, 0.15) is 13.8 Å². The Hall–Kier alpha value is 0.650. The SMILES string of the molecule is CC=C(C)CS(=O)(=O)[O-].[Na+]. The van der Waals surface area contributed by atoms with Gasteiger partial charge in [0, 0.05) is 0 Å². The van der Waals surface area contributed by atoms with Gasteiger partial charge in [0.15, 0.2) is 0 Å². The summed E-state index contributed by atoms with van der Waals surface area (Å²) < 4.78 is 30.0. The van der Waals surface area contributed by atoms with Crippen LogP contribution in [-0.4, -0.2) is 18.7 Å². The summed E-state index contributed by atoms with van der Waals surface area (Å²) in [7, 11) is -4.05. The van der Waals surface area contributed by atoms with E-state index in [9.17, 15) is 13.0 Å². The van der Waals surface area contributed by atoms with Crippen molar-refractivity contribution in [1.82, 2.24) is 0 Å². The van der Waals surface area contributed by atoms with Crippen molar-refractivity contribution in [2.45, 2.75) is 13.8 Å². The molecule has 0 unspecified atom stereocenters. The Bertz CT molecular complexity index is 205. The summed E-state index contributed by atoms with van der Waals surface area (Å²) in [4.78, 5) is 0. The van der Waals surface area contributed by atoms with Crippen molar-refractivity contribution in [3.8, 4) is 0 Å². The normalized spacial score (nSPS) is 12.5. The van der Waals surface area contributed by atoms with Gasteiger partial charge in [-0.1, -0.05) is 11.6 Å². The minimum atomic E-state index is -4.05. The molecule has 0 aliphatic heterocycles. The summed E-state index contributed by atoms with van der Waals surface area (Å²) in [5.41, 5.74) is 0.588. The molecule has 5 heteroatoms. The second-order valence-electron chi connectivity index (χ2n) is 1.84. The van der Waals surface area contributed by atoms with Crippen molar-refractivity contribution in [3.63, 3.8) is 0 Å². The Morgan fingerprint density at radius 1 is 1.60 bits per heavy atom. The van der Waals surface area contributed by atoms with Gasteiger partial charge in [0.2, 0.25) is 0 Å². The molecule has 0 aromatic rings. The van der Waals surface area contributed by atoms with E-state index in [1.165, 1.54) is 0 Å². The van der Waals surface area contributed by atoms with Crippen molar-refractivity contribution < 1.29 is 42.5 Å². The molecule has 0 bridgehead atoms. The number of hydrogen-bond acceptors (Lipinski definition) is 3. The molecule has 10 heavy (non-hydrogen) atoms. The zero-order valence-corrected chi connectivity index (χ0v) is 9.23. The predicted molar refractivity (Wildman–Crippen MR) is 34.0 cm³/mol. The second-order valence-corrected chi connectivity index (χ2v) is 3.24. The van der Waals surface area contributed by atoms with Crippen LogP contribution in [0.15, 0.2) is 11.6 Å². The van der Waals surface area contributed by atoms with Crippen molar-refractivity contribution in [3.05, 3.63) is 11.6 Å². The summed E-state index contributed by atoms with van der Waals surface area (Å²) in [6, 6.07) is 0. The van der Waals surface area contributed by atoms with Gasteiger partial charge in [-0.15, -0.1) is 0 Å². The van der Waals surface area contributed by atoms with E-state index < -0.39 is 10.1 Å². The maximum Gasteiger partial charge on any atom is 1.00 e. The first-order valence-corrected chi connectivity index (χ1v) is 4.09. The molecule has 0 aromatic carbocycles. The fourth-order valence-corrected chi connectivity index (χ4v) is 1.09. The Morgan fingerprint density at radius 3 is 2.10 bits per heavy atom. The summed E-state index contributed by atoms with van der Waals surface area (Å²) in [6.45, 7) is 3.30. The van der Waals surface area contributed by atoms with E-state index in [-0.39, 0.29) is 35.3 Å². The summed E-state index contributed by atoms with van der Waals surface area (Å²) in [5, 5.41) is 0. The van der Waals surface area contributed by atoms with E-state index in [2.05, 4.69) is 0 Å². The minimum Gasteiger partial charge on any atom is -0.748 e. The molecule has 0 aliphatic carbocycles. The first kappa shape index (κ1) is 13.3. The molecule has 0 atom stereocenters. The van der Waals surface area contributed by atoms with E-state index in [1.807, 2.05) is 0 Å². The zero-order valence-electron chi connectivity index (χ0n) is 6.42. The van der Waals surface area contributed by atoms with Crippen LogP contribution >= 0.6 is 0 Å². The molecule has 0 N–H and O–H groups in total. The molecule has 0 fully saturated rings. The van der Waals surface area contributed by atoms with E-state index >= 15 is 0 Å². The molecular weight excluding hydrogens is 163 g/mol. The fourth-order valence-electron chi connectivity index (χ4n) is 0.362. The zero-order chi connectivity index (χ0) is 7.49. The van der Waals surface area contributed by atoms with Crippen LogP contribution in [0.25, 0.3) is 0 Å². The third-order valence-corrected chi connectivity index (χ3v) is 1.71. The van der Waals surface area contributed by atoms with Gasteiger partial charge in [-0.25, -0.2) is 8.42 Å². The number of allylic oxidation sites excluding steroid dienone is 1. The molecule has 0 radical (unpaired) electrons. The molecule has 3 nitrogen and oxygen atoms in total. The van der Waals surface area contributed by atoms with Gasteiger partial charge in [-0.2, -0.15) is 0 Å². The Labute approximate surface area is 83.6 Å². The third kappa shape index (κ3) is 8.65. The topological polar surface area (TPSA) is 57.2 Å². The predicted octanol–water partition coefficient (Wildman–Crippen LogP) is -2.50. The molecular formula is C5H9NaO3S. The molecule has 0 amide bonds. The second kappa shape index (κ2) is 5.32. The van der Waals surface area contributed by atoms with Crippen LogP contribution in [0.4, 0.5) is 0 Å². The van der Waals surface area contributed by atoms with Crippen LogP contribution < -0.4 is 29.6 Å². The van der Waals surface area contributed by atoms with Crippen LogP contribution in [0.5, 0.6) is 0 Å². The molecule has 0 heterocycles. The van der Waals surface area contributed by atoms with E-state index in [0.29, 0.717) is 5.57 Å². The van der Waals surface area contributed by atoms with Crippen molar-refractivity contribution in [1.29, 1.82) is 0 Å². The van der Waals surface area contributed by atoms with Crippen LogP contribution in [0.2, 0.25) is 0 Å². The maximum absolute atomic E-state index is 10.0. The quantitative estimate of drug-likeness (QED) is 0.263. The van der Waals surface area contributed by atoms with E-state index in [4.69, 9.17) is 0 Å².